The molecule has 0 saturated carbocycles. The van der Waals surface area contributed by atoms with Gasteiger partial charge < -0.3 is 30.2 Å². The third kappa shape index (κ3) is 14.8. The van der Waals surface area contributed by atoms with Crippen molar-refractivity contribution in [1.29, 1.82) is 0 Å². The molecule has 0 bridgehead atoms. The van der Waals surface area contributed by atoms with Crippen LogP contribution >= 0.6 is 11.6 Å². The van der Waals surface area contributed by atoms with Gasteiger partial charge in [-0.05, 0) is 87.2 Å². The molecule has 3 atom stereocenters. The van der Waals surface area contributed by atoms with E-state index in [1.165, 1.54) is 57.4 Å². The van der Waals surface area contributed by atoms with Gasteiger partial charge >= 0.3 is 12.1 Å². The Kier molecular flexibility index (Phi) is 16.3. The normalized spacial score (nSPS) is 13.8. The number of benzene rings is 2. The molecule has 3 N–H and O–H groups in total. The van der Waals surface area contributed by atoms with E-state index in [1.54, 1.807) is 58.0 Å². The first kappa shape index (κ1) is 44.1. The van der Waals surface area contributed by atoms with Crippen LogP contribution in [-0.2, 0) is 35.1 Å². The summed E-state index contributed by atoms with van der Waals surface area (Å²) in [5.74, 6) is -6.12. The van der Waals surface area contributed by atoms with Crippen LogP contribution < -0.4 is 20.7 Å². The number of carbonyl (C=O) groups excluding carboxylic acids is 5. The maximum Gasteiger partial charge on any atom is 0.452 e. The summed E-state index contributed by atoms with van der Waals surface area (Å²) in [5.41, 5.74) is -0.266. The van der Waals surface area contributed by atoms with Crippen LogP contribution in [0.2, 0.25) is 5.02 Å². The Morgan fingerprint density at radius 3 is 2.15 bits per heavy atom. The Balaban J connectivity index is 2.47. The summed E-state index contributed by atoms with van der Waals surface area (Å²) in [6, 6.07) is 7.15. The number of ether oxygens (including phenoxy) is 3. The summed E-state index contributed by atoms with van der Waals surface area (Å²) in [5, 5.41) is 7.54. The summed E-state index contributed by atoms with van der Waals surface area (Å²) < 4.78 is 56.2. The Labute approximate surface area is 312 Å². The lowest BCUT2D eigenvalue weighted by Gasteiger charge is -2.27. The lowest BCUT2D eigenvalue weighted by Crippen LogP contribution is -2.58. The third-order valence-corrected chi connectivity index (χ3v) is 7.49. The first-order valence-corrected chi connectivity index (χ1v) is 16.8. The van der Waals surface area contributed by atoms with Crippen LogP contribution in [0.4, 0.5) is 13.2 Å². The van der Waals surface area contributed by atoms with Gasteiger partial charge in [-0.25, -0.2) is 4.79 Å². The maximum atomic E-state index is 14.0. The summed E-state index contributed by atoms with van der Waals surface area (Å²) in [6.07, 6.45) is -1.08. The second-order valence-electron chi connectivity index (χ2n) is 13.1. The van der Waals surface area contributed by atoms with Crippen LogP contribution in [0.25, 0.3) is 0 Å². The van der Waals surface area contributed by atoms with E-state index >= 15 is 0 Å². The number of nitrogens with one attached hydrogen (secondary N) is 3. The van der Waals surface area contributed by atoms with Crippen molar-refractivity contribution in [2.75, 3.05) is 13.7 Å². The van der Waals surface area contributed by atoms with E-state index in [2.05, 4.69) is 22.5 Å². The predicted octanol–water partition coefficient (Wildman–Crippen LogP) is 5.82. The molecule has 0 aliphatic carbocycles. The van der Waals surface area contributed by atoms with E-state index in [4.69, 9.17) is 25.8 Å². The van der Waals surface area contributed by atoms with E-state index in [9.17, 15) is 37.1 Å². The number of hydrogen-bond acceptors (Lipinski definition) is 8. The minimum Gasteiger partial charge on any atom is -0.497 e. The monoisotopic (exact) mass is 763 g/mol. The summed E-state index contributed by atoms with van der Waals surface area (Å²) in [6.45, 7) is 12.8. The molecule has 3 amide bonds. The molecule has 15 heteroatoms. The zero-order valence-corrected chi connectivity index (χ0v) is 31.3. The molecule has 0 heterocycles. The highest BCUT2D eigenvalue weighted by molar-refractivity contribution is 6.30. The van der Waals surface area contributed by atoms with Gasteiger partial charge in [0.2, 0.25) is 11.8 Å². The Hall–Kier alpha value is -5.11. The minimum absolute atomic E-state index is 0.0427. The molecule has 11 nitrogen and oxygen atoms in total. The van der Waals surface area contributed by atoms with Gasteiger partial charge in [0.1, 0.15) is 29.2 Å². The van der Waals surface area contributed by atoms with E-state index < -0.39 is 71.9 Å². The van der Waals surface area contributed by atoms with Gasteiger partial charge in [0.05, 0.1) is 13.2 Å². The van der Waals surface area contributed by atoms with Crippen LogP contribution in [0.3, 0.4) is 0 Å². The number of hydrogen-bond donors (Lipinski definition) is 3. The second kappa shape index (κ2) is 19.6. The largest absolute Gasteiger partial charge is 0.497 e. The molecular formula is C38H45ClF3N3O8. The Morgan fingerprint density at radius 2 is 1.58 bits per heavy atom. The molecule has 0 saturated heterocycles. The highest BCUT2D eigenvalue weighted by Gasteiger charge is 2.45. The van der Waals surface area contributed by atoms with Crippen LogP contribution in [0.5, 0.6) is 5.75 Å². The Morgan fingerprint density at radius 1 is 0.925 bits per heavy atom. The van der Waals surface area contributed by atoms with E-state index in [0.29, 0.717) is 16.3 Å². The summed E-state index contributed by atoms with van der Waals surface area (Å²) in [4.78, 5) is 65.5. The van der Waals surface area contributed by atoms with Crippen molar-refractivity contribution in [3.8, 4) is 5.75 Å². The van der Waals surface area contributed by atoms with E-state index in [-0.39, 0.29) is 23.3 Å². The van der Waals surface area contributed by atoms with Gasteiger partial charge in [0.25, 0.3) is 11.7 Å². The topological polar surface area (TPSA) is 149 Å². The van der Waals surface area contributed by atoms with Crippen LogP contribution in [0, 0.1) is 5.92 Å². The van der Waals surface area contributed by atoms with Crippen molar-refractivity contribution in [3.05, 3.63) is 101 Å². The second-order valence-corrected chi connectivity index (χ2v) is 13.5. The molecular weight excluding hydrogens is 719 g/mol. The number of amides is 3. The smallest absolute Gasteiger partial charge is 0.452 e. The zero-order chi connectivity index (χ0) is 40.1. The molecule has 0 radical (unpaired) electrons. The van der Waals surface area contributed by atoms with E-state index in [1.807, 2.05) is 0 Å². The Bertz CT molecular complexity index is 1720. The first-order chi connectivity index (χ1) is 24.6. The molecule has 0 spiro atoms. The number of ketones is 1. The lowest BCUT2D eigenvalue weighted by atomic mass is 9.97. The molecule has 2 rings (SSSR count). The van der Waals surface area contributed by atoms with Crippen molar-refractivity contribution in [3.63, 3.8) is 0 Å². The third-order valence-electron chi connectivity index (χ3n) is 7.25. The number of halogens is 4. The van der Waals surface area contributed by atoms with Crippen LogP contribution in [0.15, 0.2) is 84.7 Å². The molecule has 0 unspecified atom stereocenters. The van der Waals surface area contributed by atoms with Gasteiger partial charge in [-0.15, -0.1) is 0 Å². The van der Waals surface area contributed by atoms with Crippen molar-refractivity contribution < 1.29 is 51.4 Å². The van der Waals surface area contributed by atoms with Gasteiger partial charge in [-0.2, -0.15) is 13.2 Å². The maximum absolute atomic E-state index is 14.0. The summed E-state index contributed by atoms with van der Waals surface area (Å²) >= 11 is 6.17. The molecule has 2 aromatic carbocycles. The van der Waals surface area contributed by atoms with E-state index in [0.717, 1.165) is 0 Å². The average molecular weight is 764 g/mol. The number of esters is 1. The van der Waals surface area contributed by atoms with Crippen molar-refractivity contribution in [2.24, 2.45) is 5.92 Å². The fourth-order valence-electron chi connectivity index (χ4n) is 4.68. The van der Waals surface area contributed by atoms with Gasteiger partial charge in [0.15, 0.2) is 6.61 Å². The van der Waals surface area contributed by atoms with Gasteiger partial charge in [0, 0.05) is 17.0 Å². The number of Topliss-reactive ketones (excluding diaryl/α,β-unsaturated/α-hetero) is 1. The molecule has 0 aromatic heterocycles. The number of carbonyl (C=O) groups is 5. The molecule has 53 heavy (non-hydrogen) atoms. The zero-order valence-electron chi connectivity index (χ0n) is 30.6. The van der Waals surface area contributed by atoms with Gasteiger partial charge in [-0.1, -0.05) is 56.3 Å². The minimum atomic E-state index is -5.25. The van der Waals surface area contributed by atoms with Crippen molar-refractivity contribution in [2.45, 2.75) is 77.9 Å². The highest BCUT2D eigenvalue weighted by atomic mass is 35.5. The molecule has 0 aliphatic heterocycles. The number of methoxy groups -OCH3 is 1. The highest BCUT2D eigenvalue weighted by Crippen LogP contribution is 2.22. The molecule has 2 aromatic rings. The number of alkyl halides is 3. The van der Waals surface area contributed by atoms with Crippen LogP contribution in [-0.4, -0.2) is 73.1 Å². The summed E-state index contributed by atoms with van der Waals surface area (Å²) in [7, 11) is 1.39. The number of rotatable bonds is 17. The quantitative estimate of drug-likeness (QED) is 0.104. The van der Waals surface area contributed by atoms with Gasteiger partial charge in [-0.3, -0.25) is 19.2 Å². The lowest BCUT2D eigenvalue weighted by molar-refractivity contribution is -0.175. The fraction of sp³-hybridized carbons (Fsp3) is 0.395. The predicted molar refractivity (Wildman–Crippen MR) is 193 cm³/mol. The average Bonchev–Trinajstić information content (AvgIpc) is 3.07. The first-order valence-electron chi connectivity index (χ1n) is 16.4. The van der Waals surface area contributed by atoms with Crippen LogP contribution in [0.1, 0.15) is 57.5 Å². The standard InChI is InChI=1S/C38H45ClF3N3O8/c1-9-27(51-8)17-16-23(4)32(36(50)44-31(22(2)3)33(47)38(40,41)42)45-35(49)29(19-24-12-10-14-26(39)18-24)43-34(48)25-13-11-15-28(20-25)52-21-30(46)53-37(5,6)7/h9-18,20,22,29,31-32H,4,19,21H2,1-3,5-8H3,(H,43,48)(H,44,50)(H,45,49)/b17-16-,27-9+/t29-,31-,32-/m0/s1. The van der Waals surface area contributed by atoms with Crippen molar-refractivity contribution in [1.82, 2.24) is 16.0 Å². The fourth-order valence-corrected chi connectivity index (χ4v) is 4.89. The number of allylic oxidation sites excluding steroid dienone is 2. The molecule has 288 valence electrons. The molecule has 0 aliphatic rings. The van der Waals surface area contributed by atoms with Crippen molar-refractivity contribution >= 4 is 41.1 Å². The molecule has 0 fully saturated rings. The SMILES string of the molecule is C=C(/C=C\C(=C/C)OC)[C@H](NC(=O)[C@H](Cc1cccc(Cl)c1)NC(=O)c1cccc(OCC(=O)OC(C)(C)C)c1)C(=O)N[C@H](C(=O)C(F)(F)F)C(C)C.